The predicted octanol–water partition coefficient (Wildman–Crippen LogP) is 0.795. The average molecular weight is 234 g/mol. The number of likely N-dealkylation sites (tertiary alicyclic amines) is 1. The monoisotopic (exact) mass is 234 g/mol. The first kappa shape index (κ1) is 11.9. The minimum atomic E-state index is -0.367. The number of aliphatic hydroxyl groups is 1. The topological polar surface area (TPSA) is 66.6 Å². The van der Waals surface area contributed by atoms with Crippen LogP contribution in [0, 0.1) is 0 Å². The normalized spacial score (nSPS) is 20.3. The molecule has 1 atom stereocenters. The molecule has 0 aliphatic carbocycles. The number of nitrogens with two attached hydrogens (primary N) is 1. The molecule has 0 spiro atoms. The molecule has 1 fully saturated rings. The highest BCUT2D eigenvalue weighted by Crippen LogP contribution is 2.13. The summed E-state index contributed by atoms with van der Waals surface area (Å²) in [4.78, 5) is 13.7. The lowest BCUT2D eigenvalue weighted by Crippen LogP contribution is -2.42. The third kappa shape index (κ3) is 3.20. The summed E-state index contributed by atoms with van der Waals surface area (Å²) in [5.74, 6) is 0.0642. The summed E-state index contributed by atoms with van der Waals surface area (Å²) < 4.78 is 0. The number of piperidine rings is 1. The lowest BCUT2D eigenvalue weighted by Gasteiger charge is -2.30. The summed E-state index contributed by atoms with van der Waals surface area (Å²) in [6.07, 6.45) is 1.66. The Balaban J connectivity index is 1.96. The number of anilines is 1. The summed E-state index contributed by atoms with van der Waals surface area (Å²) in [5.41, 5.74) is 7.27. The molecule has 4 heteroatoms. The molecular formula is C13H18N2O2. The summed E-state index contributed by atoms with van der Waals surface area (Å²) in [6, 6.07) is 7.37. The lowest BCUT2D eigenvalue weighted by molar-refractivity contribution is -0.133. The molecular weight excluding hydrogens is 216 g/mol. The number of rotatable bonds is 2. The molecule has 2 rings (SSSR count). The summed E-state index contributed by atoms with van der Waals surface area (Å²) in [7, 11) is 0. The Morgan fingerprint density at radius 1 is 1.53 bits per heavy atom. The number of carbonyl (C=O) groups excluding carboxylic acids is 1. The molecule has 1 amide bonds. The van der Waals surface area contributed by atoms with Gasteiger partial charge in [0.25, 0.3) is 0 Å². The van der Waals surface area contributed by atoms with E-state index in [2.05, 4.69) is 0 Å². The number of benzene rings is 1. The second kappa shape index (κ2) is 5.19. The molecule has 0 saturated carbocycles. The van der Waals surface area contributed by atoms with Gasteiger partial charge in [0.15, 0.2) is 0 Å². The number of carbonyl (C=O) groups is 1. The Labute approximate surface area is 101 Å². The van der Waals surface area contributed by atoms with E-state index in [-0.39, 0.29) is 12.0 Å². The molecule has 4 nitrogen and oxygen atoms in total. The van der Waals surface area contributed by atoms with Gasteiger partial charge in [0.1, 0.15) is 0 Å². The average Bonchev–Trinajstić information content (AvgIpc) is 2.29. The van der Waals surface area contributed by atoms with Gasteiger partial charge in [0, 0.05) is 18.8 Å². The fourth-order valence-corrected chi connectivity index (χ4v) is 2.17. The van der Waals surface area contributed by atoms with Gasteiger partial charge >= 0.3 is 0 Å². The highest BCUT2D eigenvalue weighted by molar-refractivity contribution is 5.79. The number of nitrogen functional groups attached to an aromatic ring is 1. The Morgan fingerprint density at radius 3 is 3.06 bits per heavy atom. The minimum absolute atomic E-state index is 0.0642. The van der Waals surface area contributed by atoms with Crippen LogP contribution in [0.4, 0.5) is 5.69 Å². The number of β-amino-alcohol motifs (C(OH)–C–C–N with tert-alkyl or cyclic N) is 1. The van der Waals surface area contributed by atoms with Crippen molar-refractivity contribution in [3.63, 3.8) is 0 Å². The zero-order chi connectivity index (χ0) is 12.3. The van der Waals surface area contributed by atoms with Gasteiger partial charge in [-0.1, -0.05) is 12.1 Å². The summed E-state index contributed by atoms with van der Waals surface area (Å²) in [6.45, 7) is 1.21. The number of hydrogen-bond donors (Lipinski definition) is 2. The van der Waals surface area contributed by atoms with Gasteiger partial charge in [-0.05, 0) is 30.5 Å². The maximum absolute atomic E-state index is 12.0. The number of hydrogen-bond acceptors (Lipinski definition) is 3. The lowest BCUT2D eigenvalue weighted by atomic mass is 10.1. The third-order valence-electron chi connectivity index (χ3n) is 3.06. The van der Waals surface area contributed by atoms with E-state index in [4.69, 9.17) is 5.73 Å². The van der Waals surface area contributed by atoms with Gasteiger partial charge < -0.3 is 15.7 Å². The molecule has 3 N–H and O–H groups in total. The van der Waals surface area contributed by atoms with Crippen molar-refractivity contribution in [3.8, 4) is 0 Å². The van der Waals surface area contributed by atoms with Crippen LogP contribution in [0.2, 0.25) is 0 Å². The maximum atomic E-state index is 12.0. The van der Waals surface area contributed by atoms with Crippen LogP contribution >= 0.6 is 0 Å². The van der Waals surface area contributed by atoms with Gasteiger partial charge in [-0.25, -0.2) is 0 Å². The standard InChI is InChI=1S/C13H18N2O2/c14-11-4-1-3-10(7-11)8-13(17)15-6-2-5-12(16)9-15/h1,3-4,7,12,16H,2,5-6,8-9,14H2/t12-/m0/s1. The van der Waals surface area contributed by atoms with Gasteiger partial charge in [0.2, 0.25) is 5.91 Å². The molecule has 1 aromatic rings. The largest absolute Gasteiger partial charge is 0.399 e. The van der Waals surface area contributed by atoms with Crippen molar-refractivity contribution in [2.45, 2.75) is 25.4 Å². The molecule has 1 aliphatic rings. The molecule has 92 valence electrons. The van der Waals surface area contributed by atoms with E-state index in [0.717, 1.165) is 24.9 Å². The molecule has 1 aliphatic heterocycles. The smallest absolute Gasteiger partial charge is 0.227 e. The zero-order valence-electron chi connectivity index (χ0n) is 9.80. The molecule has 0 unspecified atom stereocenters. The molecule has 0 bridgehead atoms. The van der Waals surface area contributed by atoms with Crippen LogP contribution in [-0.2, 0) is 11.2 Å². The van der Waals surface area contributed by atoms with E-state index in [1.54, 1.807) is 11.0 Å². The van der Waals surface area contributed by atoms with Crippen LogP contribution in [-0.4, -0.2) is 35.1 Å². The van der Waals surface area contributed by atoms with Crippen molar-refractivity contribution in [1.82, 2.24) is 4.90 Å². The van der Waals surface area contributed by atoms with E-state index in [9.17, 15) is 9.90 Å². The summed E-state index contributed by atoms with van der Waals surface area (Å²) >= 11 is 0. The van der Waals surface area contributed by atoms with Crippen molar-refractivity contribution in [2.75, 3.05) is 18.8 Å². The van der Waals surface area contributed by atoms with Gasteiger partial charge in [-0.2, -0.15) is 0 Å². The van der Waals surface area contributed by atoms with E-state index in [1.165, 1.54) is 0 Å². The molecule has 1 saturated heterocycles. The molecule has 1 heterocycles. The quantitative estimate of drug-likeness (QED) is 0.744. The van der Waals surface area contributed by atoms with Crippen molar-refractivity contribution >= 4 is 11.6 Å². The van der Waals surface area contributed by atoms with Crippen LogP contribution in [0.3, 0.4) is 0 Å². The molecule has 17 heavy (non-hydrogen) atoms. The SMILES string of the molecule is Nc1cccc(CC(=O)N2CCC[C@H](O)C2)c1. The highest BCUT2D eigenvalue weighted by atomic mass is 16.3. The van der Waals surface area contributed by atoms with E-state index in [1.807, 2.05) is 18.2 Å². The third-order valence-corrected chi connectivity index (χ3v) is 3.06. The Hall–Kier alpha value is -1.55. The maximum Gasteiger partial charge on any atom is 0.227 e. The summed E-state index contributed by atoms with van der Waals surface area (Å²) in [5, 5.41) is 9.52. The first-order valence-corrected chi connectivity index (χ1v) is 5.95. The Kier molecular flexibility index (Phi) is 3.64. The predicted molar refractivity (Wildman–Crippen MR) is 66.4 cm³/mol. The molecule has 0 aromatic heterocycles. The van der Waals surface area contributed by atoms with Crippen LogP contribution in [0.1, 0.15) is 18.4 Å². The second-order valence-electron chi connectivity index (χ2n) is 4.56. The second-order valence-corrected chi connectivity index (χ2v) is 4.56. The van der Waals surface area contributed by atoms with Crippen LogP contribution < -0.4 is 5.73 Å². The Bertz CT molecular complexity index is 406. The fourth-order valence-electron chi connectivity index (χ4n) is 2.17. The first-order valence-electron chi connectivity index (χ1n) is 5.95. The number of amides is 1. The minimum Gasteiger partial charge on any atom is -0.399 e. The Morgan fingerprint density at radius 2 is 2.35 bits per heavy atom. The zero-order valence-corrected chi connectivity index (χ0v) is 9.80. The van der Waals surface area contributed by atoms with E-state index in [0.29, 0.717) is 18.7 Å². The van der Waals surface area contributed by atoms with Crippen molar-refractivity contribution in [3.05, 3.63) is 29.8 Å². The van der Waals surface area contributed by atoms with Gasteiger partial charge in [-0.15, -0.1) is 0 Å². The fraction of sp³-hybridized carbons (Fsp3) is 0.462. The van der Waals surface area contributed by atoms with Crippen molar-refractivity contribution < 1.29 is 9.90 Å². The van der Waals surface area contributed by atoms with Gasteiger partial charge in [0.05, 0.1) is 12.5 Å². The van der Waals surface area contributed by atoms with E-state index >= 15 is 0 Å². The van der Waals surface area contributed by atoms with Crippen molar-refractivity contribution in [2.24, 2.45) is 0 Å². The molecule has 0 radical (unpaired) electrons. The van der Waals surface area contributed by atoms with Crippen LogP contribution in [0.5, 0.6) is 0 Å². The van der Waals surface area contributed by atoms with Crippen LogP contribution in [0.15, 0.2) is 24.3 Å². The first-order chi connectivity index (χ1) is 8.15. The number of aliphatic hydroxyl groups excluding tert-OH is 1. The highest BCUT2D eigenvalue weighted by Gasteiger charge is 2.21. The van der Waals surface area contributed by atoms with Gasteiger partial charge in [-0.3, -0.25) is 4.79 Å². The molecule has 1 aromatic carbocycles. The van der Waals surface area contributed by atoms with Crippen molar-refractivity contribution in [1.29, 1.82) is 0 Å². The number of nitrogens with zero attached hydrogens (tertiary/aromatic N) is 1. The van der Waals surface area contributed by atoms with Crippen LogP contribution in [0.25, 0.3) is 0 Å². The van der Waals surface area contributed by atoms with E-state index < -0.39 is 0 Å².